The van der Waals surface area contributed by atoms with E-state index >= 15 is 0 Å². The molecule has 1 rings (SSSR count). The van der Waals surface area contributed by atoms with E-state index in [1.165, 1.54) is 0 Å². The Morgan fingerprint density at radius 3 is 2.70 bits per heavy atom. The first-order valence-electron chi connectivity index (χ1n) is 7.21. The number of carbonyl (C=O) groups is 2. The zero-order chi connectivity index (χ0) is 15.2. The van der Waals surface area contributed by atoms with Gasteiger partial charge in [0.1, 0.15) is 5.41 Å². The minimum Gasteiger partial charge on any atom is -0.481 e. The lowest BCUT2D eigenvalue weighted by Gasteiger charge is -2.25. The molecule has 2 amide bonds. The van der Waals surface area contributed by atoms with Gasteiger partial charge >= 0.3 is 12.0 Å². The summed E-state index contributed by atoms with van der Waals surface area (Å²) < 4.78 is 5.18. The molecule has 2 atom stereocenters. The highest BCUT2D eigenvalue weighted by atomic mass is 16.5. The Kier molecular flexibility index (Phi) is 6.26. The molecule has 0 saturated carbocycles. The summed E-state index contributed by atoms with van der Waals surface area (Å²) in [4.78, 5) is 23.0. The number of rotatable bonds is 7. The fourth-order valence-electron chi connectivity index (χ4n) is 2.17. The number of carboxylic acids is 1. The molecule has 116 valence electrons. The molecular formula is C14H26N2O4. The third kappa shape index (κ3) is 4.67. The molecule has 1 heterocycles. The highest BCUT2D eigenvalue weighted by Gasteiger charge is 2.47. The molecule has 3 N–H and O–H groups in total. The van der Waals surface area contributed by atoms with Crippen LogP contribution in [0.1, 0.15) is 40.0 Å². The van der Waals surface area contributed by atoms with Crippen LogP contribution in [-0.4, -0.2) is 42.9 Å². The lowest BCUT2D eigenvalue weighted by molar-refractivity contribution is -0.148. The highest BCUT2D eigenvalue weighted by molar-refractivity contribution is 5.79. The number of urea groups is 1. The van der Waals surface area contributed by atoms with E-state index in [0.29, 0.717) is 12.5 Å². The summed E-state index contributed by atoms with van der Waals surface area (Å²) >= 11 is 0. The maximum atomic E-state index is 11.7. The minimum absolute atomic E-state index is 0.127. The van der Waals surface area contributed by atoms with Gasteiger partial charge in [0.2, 0.25) is 0 Å². The van der Waals surface area contributed by atoms with Gasteiger partial charge in [-0.05, 0) is 19.3 Å². The lowest BCUT2D eigenvalue weighted by atomic mass is 9.85. The van der Waals surface area contributed by atoms with E-state index in [0.717, 1.165) is 19.3 Å². The van der Waals surface area contributed by atoms with Gasteiger partial charge in [-0.3, -0.25) is 4.79 Å². The maximum Gasteiger partial charge on any atom is 0.315 e. The van der Waals surface area contributed by atoms with Crippen LogP contribution >= 0.6 is 0 Å². The van der Waals surface area contributed by atoms with Crippen LogP contribution in [0.4, 0.5) is 4.79 Å². The predicted octanol–water partition coefficient (Wildman–Crippen LogP) is 1.60. The van der Waals surface area contributed by atoms with E-state index in [1.807, 2.05) is 0 Å². The van der Waals surface area contributed by atoms with Crippen LogP contribution < -0.4 is 10.6 Å². The SMILES string of the molecule is CC(C)CCCCNC(=O)NC1COCC1(C)C(=O)O. The first kappa shape index (κ1) is 16.8. The molecule has 0 radical (unpaired) electrons. The molecule has 2 unspecified atom stereocenters. The molecule has 0 bridgehead atoms. The Hall–Kier alpha value is -1.30. The second-order valence-corrected chi connectivity index (χ2v) is 6.08. The maximum absolute atomic E-state index is 11.7. The number of unbranched alkanes of at least 4 members (excludes halogenated alkanes) is 1. The fourth-order valence-corrected chi connectivity index (χ4v) is 2.17. The Morgan fingerprint density at radius 1 is 1.40 bits per heavy atom. The summed E-state index contributed by atoms with van der Waals surface area (Å²) in [5, 5.41) is 14.7. The molecule has 0 aromatic rings. The molecule has 1 saturated heterocycles. The Morgan fingerprint density at radius 2 is 2.10 bits per heavy atom. The summed E-state index contributed by atoms with van der Waals surface area (Å²) in [5.41, 5.74) is -1.05. The second-order valence-electron chi connectivity index (χ2n) is 6.08. The third-order valence-corrected chi connectivity index (χ3v) is 3.74. The number of carbonyl (C=O) groups excluding carboxylic acids is 1. The van der Waals surface area contributed by atoms with Crippen molar-refractivity contribution >= 4 is 12.0 Å². The second kappa shape index (κ2) is 7.47. The number of hydrogen-bond acceptors (Lipinski definition) is 3. The average Bonchev–Trinajstić information content (AvgIpc) is 2.71. The van der Waals surface area contributed by atoms with Crippen LogP contribution in [0.3, 0.4) is 0 Å². The summed E-state index contributed by atoms with van der Waals surface area (Å²) in [6.07, 6.45) is 3.16. The Bertz CT molecular complexity index is 346. The highest BCUT2D eigenvalue weighted by Crippen LogP contribution is 2.28. The molecule has 0 aromatic heterocycles. The Balaban J connectivity index is 2.27. The van der Waals surface area contributed by atoms with Gasteiger partial charge in [-0.1, -0.05) is 26.7 Å². The van der Waals surface area contributed by atoms with Crippen molar-refractivity contribution in [3.8, 4) is 0 Å². The molecule has 0 spiro atoms. The largest absolute Gasteiger partial charge is 0.481 e. The first-order chi connectivity index (χ1) is 9.36. The van der Waals surface area contributed by atoms with Crippen molar-refractivity contribution in [3.63, 3.8) is 0 Å². The standard InChI is InChI=1S/C14H26N2O4/c1-10(2)6-4-5-7-15-13(19)16-11-8-20-9-14(11,3)12(17)18/h10-11H,4-9H2,1-3H3,(H,17,18)(H2,15,16,19). The van der Waals surface area contributed by atoms with Gasteiger partial charge < -0.3 is 20.5 Å². The summed E-state index contributed by atoms with van der Waals surface area (Å²) in [5.74, 6) is -0.270. The summed E-state index contributed by atoms with van der Waals surface area (Å²) in [6.45, 7) is 6.91. The monoisotopic (exact) mass is 286 g/mol. The van der Waals surface area contributed by atoms with Crippen LogP contribution in [0.2, 0.25) is 0 Å². The van der Waals surface area contributed by atoms with Gasteiger partial charge in [-0.2, -0.15) is 0 Å². The molecule has 0 aromatic carbocycles. The van der Waals surface area contributed by atoms with Gasteiger partial charge in [-0.15, -0.1) is 0 Å². The van der Waals surface area contributed by atoms with Crippen LogP contribution in [0.25, 0.3) is 0 Å². The molecule has 0 aliphatic carbocycles. The molecule has 1 aliphatic heterocycles. The normalized spacial score (nSPS) is 25.7. The Labute approximate surface area is 120 Å². The van der Waals surface area contributed by atoms with E-state index in [1.54, 1.807) is 6.92 Å². The van der Waals surface area contributed by atoms with Crippen molar-refractivity contribution in [2.24, 2.45) is 11.3 Å². The molecule has 6 heteroatoms. The van der Waals surface area contributed by atoms with Crippen molar-refractivity contribution < 1.29 is 19.4 Å². The van der Waals surface area contributed by atoms with Crippen LogP contribution in [-0.2, 0) is 9.53 Å². The van der Waals surface area contributed by atoms with Crippen molar-refractivity contribution in [3.05, 3.63) is 0 Å². The van der Waals surface area contributed by atoms with E-state index in [2.05, 4.69) is 24.5 Å². The smallest absolute Gasteiger partial charge is 0.315 e. The first-order valence-corrected chi connectivity index (χ1v) is 7.21. The molecule has 1 fully saturated rings. The van der Waals surface area contributed by atoms with Crippen molar-refractivity contribution in [1.82, 2.24) is 10.6 Å². The number of nitrogens with one attached hydrogen (secondary N) is 2. The molecule has 20 heavy (non-hydrogen) atoms. The van der Waals surface area contributed by atoms with Gasteiger partial charge in [0.25, 0.3) is 0 Å². The van der Waals surface area contributed by atoms with E-state index in [9.17, 15) is 14.7 Å². The van der Waals surface area contributed by atoms with Gasteiger partial charge in [-0.25, -0.2) is 4.79 Å². The lowest BCUT2D eigenvalue weighted by Crippen LogP contribution is -2.52. The predicted molar refractivity (Wildman–Crippen MR) is 75.6 cm³/mol. The quantitative estimate of drug-likeness (QED) is 0.620. The fraction of sp³-hybridized carbons (Fsp3) is 0.857. The summed E-state index contributed by atoms with van der Waals surface area (Å²) in [6, 6.07) is -0.812. The van der Waals surface area contributed by atoms with Crippen molar-refractivity contribution in [2.75, 3.05) is 19.8 Å². The van der Waals surface area contributed by atoms with Crippen LogP contribution in [0, 0.1) is 11.3 Å². The number of aliphatic carboxylic acids is 1. The van der Waals surface area contributed by atoms with Gasteiger partial charge in [0.15, 0.2) is 0 Å². The van der Waals surface area contributed by atoms with E-state index < -0.39 is 17.4 Å². The van der Waals surface area contributed by atoms with E-state index in [-0.39, 0.29) is 19.2 Å². The average molecular weight is 286 g/mol. The topological polar surface area (TPSA) is 87.7 Å². The minimum atomic E-state index is -1.05. The van der Waals surface area contributed by atoms with Crippen molar-refractivity contribution in [1.29, 1.82) is 0 Å². The van der Waals surface area contributed by atoms with Crippen LogP contribution in [0.5, 0.6) is 0 Å². The van der Waals surface area contributed by atoms with Gasteiger partial charge in [0, 0.05) is 6.54 Å². The van der Waals surface area contributed by atoms with Crippen LogP contribution in [0.15, 0.2) is 0 Å². The molecule has 1 aliphatic rings. The van der Waals surface area contributed by atoms with Crippen molar-refractivity contribution in [2.45, 2.75) is 46.1 Å². The number of carboxylic acid groups (broad SMARTS) is 1. The zero-order valence-electron chi connectivity index (χ0n) is 12.6. The number of amides is 2. The molecular weight excluding hydrogens is 260 g/mol. The molecule has 6 nitrogen and oxygen atoms in total. The van der Waals surface area contributed by atoms with Gasteiger partial charge in [0.05, 0.1) is 19.3 Å². The summed E-state index contributed by atoms with van der Waals surface area (Å²) in [7, 11) is 0. The number of ether oxygens (including phenoxy) is 1. The van der Waals surface area contributed by atoms with E-state index in [4.69, 9.17) is 4.74 Å². The third-order valence-electron chi connectivity index (χ3n) is 3.74. The number of hydrogen-bond donors (Lipinski definition) is 3. The zero-order valence-corrected chi connectivity index (χ0v) is 12.6.